The fourth-order valence-electron chi connectivity index (χ4n) is 6.58. The van der Waals surface area contributed by atoms with Gasteiger partial charge in [-0.05, 0) is 107 Å². The molecular weight excluding hydrogens is 384 g/mol. The Balaban J connectivity index is 1.44. The van der Waals surface area contributed by atoms with Gasteiger partial charge >= 0.3 is 0 Å². The van der Waals surface area contributed by atoms with Gasteiger partial charge in [0, 0.05) is 11.8 Å². The summed E-state index contributed by atoms with van der Waals surface area (Å²) in [6.07, 6.45) is 2.36. The molecule has 0 bridgehead atoms. The monoisotopic (exact) mass is 414 g/mol. The number of rotatable bonds is 3. The molecule has 0 spiro atoms. The fraction of sp³-hybridized carbons (Fsp3) is 0.250. The van der Waals surface area contributed by atoms with Crippen LogP contribution in [0.3, 0.4) is 0 Å². The minimum Gasteiger partial charge on any atom is -0.0619 e. The van der Waals surface area contributed by atoms with Gasteiger partial charge in [-0.2, -0.15) is 0 Å². The van der Waals surface area contributed by atoms with Crippen molar-refractivity contribution in [3.63, 3.8) is 0 Å². The minimum absolute atomic E-state index is 0.488. The molecular formula is C32H30. The van der Waals surface area contributed by atoms with Crippen molar-refractivity contribution in [1.82, 2.24) is 0 Å². The first-order chi connectivity index (χ1) is 15.6. The Morgan fingerprint density at radius 3 is 1.28 bits per heavy atom. The van der Waals surface area contributed by atoms with E-state index in [4.69, 9.17) is 0 Å². The molecule has 32 heavy (non-hydrogen) atoms. The van der Waals surface area contributed by atoms with Crippen LogP contribution in [0.25, 0.3) is 22.3 Å². The van der Waals surface area contributed by atoms with E-state index < -0.39 is 0 Å². The standard InChI is InChI=1S/C32H30/c1-19-13-15-21(3)31-27(23-9-5-7-11-25(23)29(19)31)17-18-28-24-10-6-8-12-26(24)30-20(2)14-16-22(4)32(28)30/h5-16,27-28H,17-18H2,1-4H3. The Morgan fingerprint density at radius 2 is 0.844 bits per heavy atom. The zero-order chi connectivity index (χ0) is 22.0. The molecule has 0 heteroatoms. The summed E-state index contributed by atoms with van der Waals surface area (Å²) in [5.74, 6) is 0.977. The number of fused-ring (bicyclic) bond motifs is 6. The summed E-state index contributed by atoms with van der Waals surface area (Å²) in [4.78, 5) is 0. The highest BCUT2D eigenvalue weighted by Crippen LogP contribution is 2.53. The summed E-state index contributed by atoms with van der Waals surface area (Å²) in [5, 5.41) is 0. The Hall–Kier alpha value is -3.12. The largest absolute Gasteiger partial charge is 0.0619 e. The zero-order valence-electron chi connectivity index (χ0n) is 19.5. The SMILES string of the molecule is Cc1ccc(C)c2c1-c1ccccc1C2CCC1c2ccccc2-c2c(C)ccc(C)c21. The number of hydrogen-bond acceptors (Lipinski definition) is 0. The summed E-state index contributed by atoms with van der Waals surface area (Å²) < 4.78 is 0. The van der Waals surface area contributed by atoms with Crippen molar-refractivity contribution in [3.05, 3.63) is 117 Å². The highest BCUT2D eigenvalue weighted by Gasteiger charge is 2.35. The normalized spacial score (nSPS) is 17.6. The maximum Gasteiger partial charge on any atom is 0.0105 e. The van der Waals surface area contributed by atoms with Crippen LogP contribution in [0.2, 0.25) is 0 Å². The molecule has 2 aliphatic carbocycles. The van der Waals surface area contributed by atoms with Crippen LogP contribution < -0.4 is 0 Å². The van der Waals surface area contributed by atoms with E-state index in [9.17, 15) is 0 Å². The van der Waals surface area contributed by atoms with E-state index in [2.05, 4.69) is 100 Å². The van der Waals surface area contributed by atoms with Gasteiger partial charge in [-0.15, -0.1) is 0 Å². The summed E-state index contributed by atoms with van der Waals surface area (Å²) in [7, 11) is 0. The van der Waals surface area contributed by atoms with E-state index in [0.717, 1.165) is 0 Å². The third-order valence-electron chi connectivity index (χ3n) is 8.00. The number of hydrogen-bond donors (Lipinski definition) is 0. The second kappa shape index (κ2) is 7.20. The van der Waals surface area contributed by atoms with E-state index in [1.807, 2.05) is 0 Å². The lowest BCUT2D eigenvalue weighted by atomic mass is 9.82. The lowest BCUT2D eigenvalue weighted by Gasteiger charge is -2.21. The van der Waals surface area contributed by atoms with Crippen LogP contribution in [0.4, 0.5) is 0 Å². The molecule has 6 rings (SSSR count). The highest BCUT2D eigenvalue weighted by atomic mass is 14.4. The topological polar surface area (TPSA) is 0 Å². The van der Waals surface area contributed by atoms with Gasteiger partial charge < -0.3 is 0 Å². The predicted octanol–water partition coefficient (Wildman–Crippen LogP) is 8.63. The van der Waals surface area contributed by atoms with Crippen LogP contribution in [-0.4, -0.2) is 0 Å². The van der Waals surface area contributed by atoms with E-state index >= 15 is 0 Å². The Labute approximate surface area is 192 Å². The van der Waals surface area contributed by atoms with Crippen LogP contribution in [0.15, 0.2) is 72.8 Å². The molecule has 0 fully saturated rings. The van der Waals surface area contributed by atoms with Crippen molar-refractivity contribution < 1.29 is 0 Å². The van der Waals surface area contributed by atoms with Gasteiger partial charge in [0.15, 0.2) is 0 Å². The Morgan fingerprint density at radius 1 is 0.469 bits per heavy atom. The summed E-state index contributed by atoms with van der Waals surface area (Å²) >= 11 is 0. The van der Waals surface area contributed by atoms with Crippen molar-refractivity contribution >= 4 is 0 Å². The molecule has 0 saturated carbocycles. The molecule has 0 amide bonds. The van der Waals surface area contributed by atoms with Crippen molar-refractivity contribution in [1.29, 1.82) is 0 Å². The molecule has 0 N–H and O–H groups in total. The average molecular weight is 415 g/mol. The average Bonchev–Trinajstić information content (AvgIpc) is 3.32. The highest BCUT2D eigenvalue weighted by molar-refractivity contribution is 5.84. The lowest BCUT2D eigenvalue weighted by molar-refractivity contribution is 0.622. The predicted molar refractivity (Wildman–Crippen MR) is 136 cm³/mol. The molecule has 2 unspecified atom stereocenters. The Bertz CT molecular complexity index is 1260. The maximum absolute atomic E-state index is 2.37. The van der Waals surface area contributed by atoms with Crippen LogP contribution in [0.5, 0.6) is 0 Å². The lowest BCUT2D eigenvalue weighted by Crippen LogP contribution is -2.05. The quantitative estimate of drug-likeness (QED) is 0.315. The molecule has 4 aromatic rings. The van der Waals surface area contributed by atoms with Gasteiger partial charge in [-0.25, -0.2) is 0 Å². The zero-order valence-corrected chi connectivity index (χ0v) is 19.5. The maximum atomic E-state index is 2.37. The van der Waals surface area contributed by atoms with Gasteiger partial charge in [-0.1, -0.05) is 72.8 Å². The van der Waals surface area contributed by atoms with Crippen LogP contribution >= 0.6 is 0 Å². The molecule has 0 aromatic heterocycles. The molecule has 158 valence electrons. The van der Waals surface area contributed by atoms with Crippen molar-refractivity contribution in [2.24, 2.45) is 0 Å². The number of benzene rings is 4. The molecule has 0 saturated heterocycles. The molecule has 2 aliphatic rings. The third-order valence-corrected chi connectivity index (χ3v) is 8.00. The number of aryl methyl sites for hydroxylation is 4. The smallest absolute Gasteiger partial charge is 0.0105 e. The first-order valence-corrected chi connectivity index (χ1v) is 11.9. The van der Waals surface area contributed by atoms with E-state index in [-0.39, 0.29) is 0 Å². The van der Waals surface area contributed by atoms with Crippen molar-refractivity contribution in [3.8, 4) is 22.3 Å². The van der Waals surface area contributed by atoms with Gasteiger partial charge in [0.2, 0.25) is 0 Å². The van der Waals surface area contributed by atoms with Gasteiger partial charge in [0.05, 0.1) is 0 Å². The molecule has 2 atom stereocenters. The summed E-state index contributed by atoms with van der Waals surface area (Å²) in [5.41, 5.74) is 17.7. The second-order valence-electron chi connectivity index (χ2n) is 9.83. The van der Waals surface area contributed by atoms with E-state index in [1.165, 1.54) is 68.5 Å². The molecule has 0 heterocycles. The van der Waals surface area contributed by atoms with Gasteiger partial charge in [0.1, 0.15) is 0 Å². The van der Waals surface area contributed by atoms with Crippen LogP contribution in [0, 0.1) is 27.7 Å². The third kappa shape index (κ3) is 2.69. The molecule has 4 aromatic carbocycles. The second-order valence-corrected chi connectivity index (χ2v) is 9.83. The van der Waals surface area contributed by atoms with Crippen molar-refractivity contribution in [2.45, 2.75) is 52.4 Å². The van der Waals surface area contributed by atoms with E-state index in [0.29, 0.717) is 11.8 Å². The van der Waals surface area contributed by atoms with Gasteiger partial charge in [-0.3, -0.25) is 0 Å². The van der Waals surface area contributed by atoms with E-state index in [1.54, 1.807) is 11.1 Å². The molecule has 0 radical (unpaired) electrons. The fourth-order valence-corrected chi connectivity index (χ4v) is 6.58. The van der Waals surface area contributed by atoms with Crippen LogP contribution in [0.1, 0.15) is 69.2 Å². The molecule has 0 nitrogen and oxygen atoms in total. The first kappa shape index (κ1) is 19.6. The Kier molecular flexibility index (Phi) is 4.40. The first-order valence-electron chi connectivity index (χ1n) is 11.9. The summed E-state index contributed by atoms with van der Waals surface area (Å²) in [6, 6.07) is 27.4. The molecule has 0 aliphatic heterocycles. The van der Waals surface area contributed by atoms with Crippen molar-refractivity contribution in [2.75, 3.05) is 0 Å². The minimum atomic E-state index is 0.488. The summed E-state index contributed by atoms with van der Waals surface area (Å²) in [6.45, 7) is 9.13. The van der Waals surface area contributed by atoms with Gasteiger partial charge in [0.25, 0.3) is 0 Å². The van der Waals surface area contributed by atoms with Crippen LogP contribution in [-0.2, 0) is 0 Å².